The summed E-state index contributed by atoms with van der Waals surface area (Å²) >= 11 is 0. The molecule has 2 unspecified atom stereocenters. The monoisotopic (exact) mass is 187 g/mol. The van der Waals surface area contributed by atoms with E-state index in [-0.39, 0.29) is 17.6 Å². The lowest BCUT2D eigenvalue weighted by molar-refractivity contribution is -0.0364. The highest BCUT2D eigenvalue weighted by Gasteiger charge is 2.32. The minimum absolute atomic E-state index is 0.125. The SMILES string of the molecule is CCOC(C(N)C(C)C)C(C)(C)C. The van der Waals surface area contributed by atoms with E-state index in [0.29, 0.717) is 5.92 Å². The van der Waals surface area contributed by atoms with Gasteiger partial charge in [0.1, 0.15) is 0 Å². The zero-order valence-corrected chi connectivity index (χ0v) is 9.92. The van der Waals surface area contributed by atoms with Crippen LogP contribution < -0.4 is 5.73 Å². The summed E-state index contributed by atoms with van der Waals surface area (Å²) in [6.07, 6.45) is 0.150. The molecule has 0 saturated carbocycles. The molecule has 0 rings (SSSR count). The van der Waals surface area contributed by atoms with Gasteiger partial charge in [0, 0.05) is 12.6 Å². The molecule has 0 amide bonds. The third-order valence-electron chi connectivity index (χ3n) is 2.32. The second kappa shape index (κ2) is 4.97. The maximum absolute atomic E-state index is 6.11. The predicted octanol–water partition coefficient (Wildman–Crippen LogP) is 2.42. The van der Waals surface area contributed by atoms with Gasteiger partial charge in [-0.2, -0.15) is 0 Å². The summed E-state index contributed by atoms with van der Waals surface area (Å²) in [5.74, 6) is 0.468. The first-order valence-electron chi connectivity index (χ1n) is 5.17. The third kappa shape index (κ3) is 4.10. The molecule has 2 heteroatoms. The van der Waals surface area contributed by atoms with E-state index in [2.05, 4.69) is 34.6 Å². The quantitative estimate of drug-likeness (QED) is 0.733. The van der Waals surface area contributed by atoms with Crippen molar-refractivity contribution in [2.75, 3.05) is 6.61 Å². The van der Waals surface area contributed by atoms with Crippen LogP contribution in [0, 0.1) is 11.3 Å². The lowest BCUT2D eigenvalue weighted by atomic mass is 9.81. The Morgan fingerprint density at radius 1 is 1.23 bits per heavy atom. The van der Waals surface area contributed by atoms with Gasteiger partial charge in [-0.3, -0.25) is 0 Å². The smallest absolute Gasteiger partial charge is 0.0776 e. The van der Waals surface area contributed by atoms with Crippen molar-refractivity contribution in [3.05, 3.63) is 0 Å². The fraction of sp³-hybridized carbons (Fsp3) is 1.00. The van der Waals surface area contributed by atoms with Crippen molar-refractivity contribution >= 4 is 0 Å². The molecular weight excluding hydrogens is 162 g/mol. The van der Waals surface area contributed by atoms with Crippen LogP contribution >= 0.6 is 0 Å². The second-order valence-electron chi connectivity index (χ2n) is 5.06. The van der Waals surface area contributed by atoms with Gasteiger partial charge in [0.15, 0.2) is 0 Å². The Bertz CT molecular complexity index is 138. The number of ether oxygens (including phenoxy) is 1. The van der Waals surface area contributed by atoms with E-state index in [9.17, 15) is 0 Å². The van der Waals surface area contributed by atoms with E-state index in [1.165, 1.54) is 0 Å². The van der Waals surface area contributed by atoms with E-state index in [1.54, 1.807) is 0 Å². The third-order valence-corrected chi connectivity index (χ3v) is 2.32. The minimum Gasteiger partial charge on any atom is -0.376 e. The van der Waals surface area contributed by atoms with Gasteiger partial charge in [-0.15, -0.1) is 0 Å². The average Bonchev–Trinajstić information content (AvgIpc) is 1.96. The number of hydrogen-bond acceptors (Lipinski definition) is 2. The van der Waals surface area contributed by atoms with Gasteiger partial charge in [-0.1, -0.05) is 34.6 Å². The molecule has 2 nitrogen and oxygen atoms in total. The molecule has 80 valence electrons. The Balaban J connectivity index is 4.41. The Morgan fingerprint density at radius 3 is 1.92 bits per heavy atom. The van der Waals surface area contributed by atoms with Gasteiger partial charge in [0.2, 0.25) is 0 Å². The molecule has 0 fully saturated rings. The number of hydrogen-bond donors (Lipinski definition) is 1. The van der Waals surface area contributed by atoms with E-state index in [0.717, 1.165) is 6.61 Å². The Hall–Kier alpha value is -0.0800. The molecule has 0 aromatic carbocycles. The summed E-state index contributed by atoms with van der Waals surface area (Å²) in [6.45, 7) is 13.6. The molecule has 0 bridgehead atoms. The van der Waals surface area contributed by atoms with Gasteiger partial charge < -0.3 is 10.5 Å². The first-order chi connectivity index (χ1) is 5.80. The van der Waals surface area contributed by atoms with Crippen molar-refractivity contribution in [1.82, 2.24) is 0 Å². The highest BCUT2D eigenvalue weighted by molar-refractivity contribution is 4.85. The van der Waals surface area contributed by atoms with Crippen LogP contribution in [0.2, 0.25) is 0 Å². The minimum atomic E-state index is 0.125. The molecule has 0 aromatic rings. The van der Waals surface area contributed by atoms with Gasteiger partial charge >= 0.3 is 0 Å². The van der Waals surface area contributed by atoms with Crippen molar-refractivity contribution < 1.29 is 4.74 Å². The highest BCUT2D eigenvalue weighted by atomic mass is 16.5. The van der Waals surface area contributed by atoms with Crippen LogP contribution in [-0.4, -0.2) is 18.8 Å². The molecular formula is C11H25NO. The number of rotatable bonds is 4. The van der Waals surface area contributed by atoms with Crippen molar-refractivity contribution in [1.29, 1.82) is 0 Å². The van der Waals surface area contributed by atoms with Crippen LogP contribution in [0.25, 0.3) is 0 Å². The maximum atomic E-state index is 6.11. The predicted molar refractivity (Wildman–Crippen MR) is 57.7 cm³/mol. The standard InChI is InChI=1S/C11H25NO/c1-7-13-10(11(4,5)6)9(12)8(2)3/h8-10H,7,12H2,1-6H3. The van der Waals surface area contributed by atoms with Crippen LogP contribution in [0.15, 0.2) is 0 Å². The fourth-order valence-electron chi connectivity index (χ4n) is 1.47. The molecule has 0 aliphatic rings. The van der Waals surface area contributed by atoms with E-state index in [4.69, 9.17) is 10.5 Å². The summed E-state index contributed by atoms with van der Waals surface area (Å²) in [5, 5.41) is 0. The lowest BCUT2D eigenvalue weighted by Crippen LogP contribution is -2.48. The van der Waals surface area contributed by atoms with Crippen molar-refractivity contribution in [2.24, 2.45) is 17.1 Å². The van der Waals surface area contributed by atoms with Crippen LogP contribution in [0.4, 0.5) is 0 Å². The van der Waals surface area contributed by atoms with Crippen LogP contribution in [-0.2, 0) is 4.74 Å². The zero-order chi connectivity index (χ0) is 10.6. The fourth-order valence-corrected chi connectivity index (χ4v) is 1.47. The van der Waals surface area contributed by atoms with Crippen molar-refractivity contribution in [3.63, 3.8) is 0 Å². The van der Waals surface area contributed by atoms with E-state index < -0.39 is 0 Å². The Kier molecular flexibility index (Phi) is 4.93. The van der Waals surface area contributed by atoms with Crippen LogP contribution in [0.1, 0.15) is 41.5 Å². The Morgan fingerprint density at radius 2 is 1.69 bits per heavy atom. The molecule has 0 radical (unpaired) electrons. The maximum Gasteiger partial charge on any atom is 0.0776 e. The van der Waals surface area contributed by atoms with Crippen LogP contribution in [0.3, 0.4) is 0 Å². The highest BCUT2D eigenvalue weighted by Crippen LogP contribution is 2.26. The van der Waals surface area contributed by atoms with Crippen molar-refractivity contribution in [2.45, 2.75) is 53.7 Å². The normalized spacial score (nSPS) is 17.5. The molecule has 2 atom stereocenters. The molecule has 0 spiro atoms. The molecule has 0 aliphatic heterocycles. The topological polar surface area (TPSA) is 35.2 Å². The summed E-state index contributed by atoms with van der Waals surface area (Å²) < 4.78 is 5.70. The van der Waals surface area contributed by atoms with Gasteiger partial charge in [-0.05, 0) is 18.3 Å². The molecule has 0 aliphatic carbocycles. The van der Waals surface area contributed by atoms with Crippen LogP contribution in [0.5, 0.6) is 0 Å². The van der Waals surface area contributed by atoms with E-state index >= 15 is 0 Å². The molecule has 0 heterocycles. The van der Waals surface area contributed by atoms with Gasteiger partial charge in [-0.25, -0.2) is 0 Å². The summed E-state index contributed by atoms with van der Waals surface area (Å²) in [4.78, 5) is 0. The summed E-state index contributed by atoms with van der Waals surface area (Å²) in [7, 11) is 0. The first kappa shape index (κ1) is 12.9. The molecule has 13 heavy (non-hydrogen) atoms. The average molecular weight is 187 g/mol. The lowest BCUT2D eigenvalue weighted by Gasteiger charge is -2.36. The zero-order valence-electron chi connectivity index (χ0n) is 9.92. The van der Waals surface area contributed by atoms with E-state index in [1.807, 2.05) is 6.92 Å². The second-order valence-corrected chi connectivity index (χ2v) is 5.06. The van der Waals surface area contributed by atoms with Gasteiger partial charge in [0.25, 0.3) is 0 Å². The molecule has 2 N–H and O–H groups in total. The first-order valence-corrected chi connectivity index (χ1v) is 5.17. The Labute approximate surface area is 82.8 Å². The van der Waals surface area contributed by atoms with Gasteiger partial charge in [0.05, 0.1) is 6.10 Å². The number of nitrogens with two attached hydrogens (primary N) is 1. The molecule has 0 saturated heterocycles. The largest absolute Gasteiger partial charge is 0.376 e. The summed E-state index contributed by atoms with van der Waals surface area (Å²) in [6, 6.07) is 0.125. The molecule has 0 aromatic heterocycles. The summed E-state index contributed by atoms with van der Waals surface area (Å²) in [5.41, 5.74) is 6.23. The van der Waals surface area contributed by atoms with Crippen molar-refractivity contribution in [3.8, 4) is 0 Å².